The molecule has 0 amide bonds. The van der Waals surface area contributed by atoms with Gasteiger partial charge in [0.2, 0.25) is 5.88 Å². The summed E-state index contributed by atoms with van der Waals surface area (Å²) in [5.41, 5.74) is 2.36. The second-order valence-electron chi connectivity index (χ2n) is 3.93. The minimum Gasteiger partial charge on any atom is -0.481 e. The molecule has 0 radical (unpaired) electrons. The van der Waals surface area contributed by atoms with Crippen molar-refractivity contribution in [1.29, 1.82) is 0 Å². The number of hydrogen-bond acceptors (Lipinski definition) is 3. The number of nitrogens with zero attached hydrogens (tertiary/aromatic N) is 2. The predicted octanol–water partition coefficient (Wildman–Crippen LogP) is 0.499. The Morgan fingerprint density at radius 3 is 2.79 bits per heavy atom. The number of hydrogen-bond donors (Lipinski definition) is 1. The van der Waals surface area contributed by atoms with Crippen LogP contribution in [0.25, 0.3) is 0 Å². The standard InChI is InChI=1S/C10H17N3O/c1-7-9(4-8-5-11-6-8)10(14-3)13(2)12-7/h8,11H,4-6H2,1-3H3. The maximum atomic E-state index is 5.35. The van der Waals surface area contributed by atoms with Gasteiger partial charge < -0.3 is 10.1 Å². The lowest BCUT2D eigenvalue weighted by Crippen LogP contribution is -2.43. The Kier molecular flexibility index (Phi) is 2.46. The predicted molar refractivity (Wildman–Crippen MR) is 54.6 cm³/mol. The fraction of sp³-hybridized carbons (Fsp3) is 0.700. The van der Waals surface area contributed by atoms with Crippen molar-refractivity contribution in [1.82, 2.24) is 15.1 Å². The van der Waals surface area contributed by atoms with Crippen molar-refractivity contribution in [2.75, 3.05) is 20.2 Å². The van der Waals surface area contributed by atoms with Gasteiger partial charge in [-0.2, -0.15) is 5.10 Å². The van der Waals surface area contributed by atoms with Crippen LogP contribution in [0.15, 0.2) is 0 Å². The molecule has 4 nitrogen and oxygen atoms in total. The van der Waals surface area contributed by atoms with Gasteiger partial charge in [-0.05, 0) is 32.4 Å². The minimum atomic E-state index is 0.756. The van der Waals surface area contributed by atoms with Crippen LogP contribution in [0.3, 0.4) is 0 Å². The molecule has 0 atom stereocenters. The van der Waals surface area contributed by atoms with E-state index in [1.54, 1.807) is 7.11 Å². The van der Waals surface area contributed by atoms with Crippen molar-refractivity contribution in [3.8, 4) is 5.88 Å². The van der Waals surface area contributed by atoms with E-state index in [9.17, 15) is 0 Å². The highest BCUT2D eigenvalue weighted by Gasteiger charge is 2.22. The average molecular weight is 195 g/mol. The van der Waals surface area contributed by atoms with E-state index in [2.05, 4.69) is 10.4 Å². The molecule has 1 fully saturated rings. The Hall–Kier alpha value is -1.03. The van der Waals surface area contributed by atoms with Crippen LogP contribution >= 0.6 is 0 Å². The summed E-state index contributed by atoms with van der Waals surface area (Å²) in [5.74, 6) is 1.67. The first kappa shape index (κ1) is 9.52. The topological polar surface area (TPSA) is 39.1 Å². The SMILES string of the molecule is COc1c(CC2CNC2)c(C)nn1C. The van der Waals surface area contributed by atoms with Crippen LogP contribution in [0.2, 0.25) is 0 Å². The number of methoxy groups -OCH3 is 1. The van der Waals surface area contributed by atoms with E-state index in [0.29, 0.717) is 0 Å². The zero-order valence-electron chi connectivity index (χ0n) is 9.00. The maximum Gasteiger partial charge on any atom is 0.214 e. The van der Waals surface area contributed by atoms with E-state index in [0.717, 1.165) is 37.0 Å². The van der Waals surface area contributed by atoms with Gasteiger partial charge in [0.15, 0.2) is 0 Å². The summed E-state index contributed by atoms with van der Waals surface area (Å²) in [7, 11) is 3.63. The molecule has 0 bridgehead atoms. The number of aryl methyl sites for hydroxylation is 2. The Bertz CT molecular complexity index is 328. The molecule has 0 aromatic carbocycles. The Morgan fingerprint density at radius 1 is 1.57 bits per heavy atom. The van der Waals surface area contributed by atoms with Gasteiger partial charge in [0, 0.05) is 12.6 Å². The van der Waals surface area contributed by atoms with Crippen LogP contribution in [-0.2, 0) is 13.5 Å². The molecule has 0 aliphatic carbocycles. The van der Waals surface area contributed by atoms with Crippen molar-refractivity contribution >= 4 is 0 Å². The number of nitrogens with one attached hydrogen (secondary N) is 1. The molecule has 14 heavy (non-hydrogen) atoms. The largest absolute Gasteiger partial charge is 0.481 e. The van der Waals surface area contributed by atoms with Gasteiger partial charge >= 0.3 is 0 Å². The highest BCUT2D eigenvalue weighted by molar-refractivity contribution is 5.31. The molecule has 1 saturated heterocycles. The molecule has 2 rings (SSSR count). The van der Waals surface area contributed by atoms with E-state index in [1.165, 1.54) is 5.56 Å². The first-order chi connectivity index (χ1) is 6.72. The fourth-order valence-electron chi connectivity index (χ4n) is 1.95. The Morgan fingerprint density at radius 2 is 2.29 bits per heavy atom. The van der Waals surface area contributed by atoms with Crippen LogP contribution in [0, 0.1) is 12.8 Å². The normalized spacial score (nSPS) is 16.8. The Labute approximate surface area is 84.3 Å². The van der Waals surface area contributed by atoms with E-state index in [-0.39, 0.29) is 0 Å². The quantitative estimate of drug-likeness (QED) is 0.763. The number of rotatable bonds is 3. The molecule has 1 N–H and O–H groups in total. The molecule has 78 valence electrons. The van der Waals surface area contributed by atoms with Crippen molar-refractivity contribution in [2.24, 2.45) is 13.0 Å². The monoisotopic (exact) mass is 195 g/mol. The summed E-state index contributed by atoms with van der Waals surface area (Å²) < 4.78 is 7.16. The molecule has 0 unspecified atom stereocenters. The fourth-order valence-corrected chi connectivity index (χ4v) is 1.95. The molecule has 1 aliphatic rings. The maximum absolute atomic E-state index is 5.35. The molecule has 4 heteroatoms. The van der Waals surface area contributed by atoms with Crippen molar-refractivity contribution in [3.63, 3.8) is 0 Å². The lowest BCUT2D eigenvalue weighted by molar-refractivity contribution is 0.332. The molecular weight excluding hydrogens is 178 g/mol. The Balaban J connectivity index is 2.20. The van der Waals surface area contributed by atoms with Crippen LogP contribution in [-0.4, -0.2) is 30.0 Å². The van der Waals surface area contributed by atoms with E-state index in [1.807, 2.05) is 18.7 Å². The molecule has 1 aliphatic heterocycles. The van der Waals surface area contributed by atoms with Crippen LogP contribution in [0.4, 0.5) is 0 Å². The highest BCUT2D eigenvalue weighted by Crippen LogP contribution is 2.25. The number of aromatic nitrogens is 2. The molecule has 1 aromatic rings. The second kappa shape index (κ2) is 3.61. The summed E-state index contributed by atoms with van der Waals surface area (Å²) in [6.45, 7) is 4.29. The van der Waals surface area contributed by atoms with Gasteiger partial charge in [0.1, 0.15) is 0 Å². The molecular formula is C10H17N3O. The zero-order chi connectivity index (χ0) is 10.1. The highest BCUT2D eigenvalue weighted by atomic mass is 16.5. The third-order valence-electron chi connectivity index (χ3n) is 2.84. The van der Waals surface area contributed by atoms with Gasteiger partial charge in [-0.25, -0.2) is 4.68 Å². The van der Waals surface area contributed by atoms with Gasteiger partial charge in [0.05, 0.1) is 12.8 Å². The molecule has 0 saturated carbocycles. The van der Waals surface area contributed by atoms with Crippen LogP contribution in [0.5, 0.6) is 5.88 Å². The van der Waals surface area contributed by atoms with E-state index >= 15 is 0 Å². The zero-order valence-corrected chi connectivity index (χ0v) is 9.00. The third kappa shape index (κ3) is 1.50. The molecule has 1 aromatic heterocycles. The smallest absolute Gasteiger partial charge is 0.214 e. The average Bonchev–Trinajstić information content (AvgIpc) is 2.33. The van der Waals surface area contributed by atoms with Gasteiger partial charge in [-0.1, -0.05) is 0 Å². The summed E-state index contributed by atoms with van der Waals surface area (Å²) in [5, 5.41) is 7.64. The second-order valence-corrected chi connectivity index (χ2v) is 3.93. The van der Waals surface area contributed by atoms with E-state index < -0.39 is 0 Å². The third-order valence-corrected chi connectivity index (χ3v) is 2.84. The minimum absolute atomic E-state index is 0.756. The summed E-state index contributed by atoms with van der Waals surface area (Å²) in [4.78, 5) is 0. The van der Waals surface area contributed by atoms with Crippen molar-refractivity contribution < 1.29 is 4.74 Å². The van der Waals surface area contributed by atoms with Crippen LogP contribution < -0.4 is 10.1 Å². The molecule has 2 heterocycles. The number of ether oxygens (including phenoxy) is 1. The van der Waals surface area contributed by atoms with Crippen molar-refractivity contribution in [2.45, 2.75) is 13.3 Å². The van der Waals surface area contributed by atoms with Gasteiger partial charge in [0.25, 0.3) is 0 Å². The lowest BCUT2D eigenvalue weighted by Gasteiger charge is -2.27. The van der Waals surface area contributed by atoms with Crippen LogP contribution in [0.1, 0.15) is 11.3 Å². The first-order valence-corrected chi connectivity index (χ1v) is 4.99. The van der Waals surface area contributed by atoms with Gasteiger partial charge in [-0.15, -0.1) is 0 Å². The lowest BCUT2D eigenvalue weighted by atomic mass is 9.94. The summed E-state index contributed by atoms with van der Waals surface area (Å²) in [6, 6.07) is 0. The summed E-state index contributed by atoms with van der Waals surface area (Å²) >= 11 is 0. The van der Waals surface area contributed by atoms with Gasteiger partial charge in [-0.3, -0.25) is 0 Å². The first-order valence-electron chi connectivity index (χ1n) is 4.99. The van der Waals surface area contributed by atoms with Crippen molar-refractivity contribution in [3.05, 3.63) is 11.3 Å². The molecule has 0 spiro atoms. The summed E-state index contributed by atoms with van der Waals surface area (Å²) in [6.07, 6.45) is 1.08. The van der Waals surface area contributed by atoms with E-state index in [4.69, 9.17) is 4.74 Å².